The molecule has 6 aromatic carbocycles. The van der Waals surface area contributed by atoms with Crippen LogP contribution in [0.25, 0.3) is 73.2 Å². The Morgan fingerprint density at radius 1 is 0.511 bits per heavy atom. The van der Waals surface area contributed by atoms with Crippen LogP contribution in [-0.2, 0) is 6.42 Å². The van der Waals surface area contributed by atoms with Crippen LogP contribution in [0.15, 0.2) is 156 Å². The van der Waals surface area contributed by atoms with Crippen LogP contribution in [0.4, 0.5) is 0 Å². The predicted molar refractivity (Wildman–Crippen MR) is 186 cm³/mol. The molecule has 0 atom stereocenters. The Labute approximate surface area is 264 Å². The number of hydrogen-bond acceptors (Lipinski definition) is 1. The highest BCUT2D eigenvalue weighted by molar-refractivity contribution is 5.98. The van der Waals surface area contributed by atoms with Gasteiger partial charge in [-0.1, -0.05) is 146 Å². The lowest BCUT2D eigenvalue weighted by Crippen LogP contribution is -1.97. The van der Waals surface area contributed by atoms with Crippen molar-refractivity contribution in [3.05, 3.63) is 175 Å². The molecule has 0 fully saturated rings. The summed E-state index contributed by atoms with van der Waals surface area (Å²) in [5.41, 5.74) is 13.7. The third-order valence-electron chi connectivity index (χ3n) is 8.64. The van der Waals surface area contributed by atoms with Crippen LogP contribution in [0.5, 0.6) is 0 Å². The van der Waals surface area contributed by atoms with Crippen molar-refractivity contribution in [3.8, 4) is 67.2 Å². The molecule has 7 aromatic rings. The van der Waals surface area contributed by atoms with Gasteiger partial charge in [-0.25, -0.2) is 0 Å². The van der Waals surface area contributed by atoms with E-state index in [4.69, 9.17) is 4.42 Å². The second kappa shape index (κ2) is 11.7. The Kier molecular flexibility index (Phi) is 6.95. The highest BCUT2D eigenvalue weighted by Crippen LogP contribution is 2.48. The zero-order valence-corrected chi connectivity index (χ0v) is 24.8. The summed E-state index contributed by atoms with van der Waals surface area (Å²) in [4.78, 5) is 0. The molecule has 0 amide bonds. The lowest BCUT2D eigenvalue weighted by Gasteiger charge is -2.18. The molecule has 0 saturated carbocycles. The van der Waals surface area contributed by atoms with Crippen molar-refractivity contribution in [2.24, 2.45) is 0 Å². The molecule has 45 heavy (non-hydrogen) atoms. The van der Waals surface area contributed by atoms with Crippen LogP contribution in [0, 0.1) is 12.1 Å². The van der Waals surface area contributed by atoms with Gasteiger partial charge < -0.3 is 4.42 Å². The van der Waals surface area contributed by atoms with Crippen molar-refractivity contribution in [1.29, 1.82) is 0 Å². The molecule has 1 heterocycles. The fraction of sp³-hybridized carbons (Fsp3) is 0.0455. The van der Waals surface area contributed by atoms with E-state index < -0.39 is 0 Å². The third kappa shape index (κ3) is 5.07. The fourth-order valence-corrected chi connectivity index (χ4v) is 6.44. The SMILES string of the molecule is c1cccc(-c2cc(-c3ccccc3)cc(-c3ccccc3)c2-c2oc(-c3ccc(-c4ccccc4)cc3)c3c2CCC=C3)c#1. The normalized spacial score (nSPS) is 12.0. The highest BCUT2D eigenvalue weighted by Gasteiger charge is 2.27. The van der Waals surface area contributed by atoms with Gasteiger partial charge in [0.1, 0.15) is 11.5 Å². The molecule has 1 heteroatoms. The molecule has 0 N–H and O–H groups in total. The summed E-state index contributed by atoms with van der Waals surface area (Å²) in [6.07, 6.45) is 6.41. The van der Waals surface area contributed by atoms with E-state index in [0.29, 0.717) is 0 Å². The van der Waals surface area contributed by atoms with Gasteiger partial charge in [-0.3, -0.25) is 0 Å². The number of fused-ring (bicyclic) bond motifs is 1. The van der Waals surface area contributed by atoms with Gasteiger partial charge in [0, 0.05) is 33.4 Å². The van der Waals surface area contributed by atoms with E-state index in [1.807, 2.05) is 12.1 Å². The van der Waals surface area contributed by atoms with Gasteiger partial charge in [0.15, 0.2) is 0 Å². The number of hydrogen-bond donors (Lipinski definition) is 0. The van der Waals surface area contributed by atoms with Crippen molar-refractivity contribution in [3.63, 3.8) is 0 Å². The molecular weight excluding hydrogens is 544 g/mol. The minimum atomic E-state index is 0.913. The molecule has 0 unspecified atom stereocenters. The minimum absolute atomic E-state index is 0.913. The summed E-state index contributed by atoms with van der Waals surface area (Å²) in [5.74, 6) is 1.85. The van der Waals surface area contributed by atoms with Gasteiger partial charge in [0.2, 0.25) is 0 Å². The Morgan fingerprint density at radius 3 is 1.78 bits per heavy atom. The van der Waals surface area contributed by atoms with Crippen LogP contribution < -0.4 is 0 Å². The standard InChI is InChI=1S/C44H30O/c1-5-15-31(16-6-1)33-25-27-36(28-26-33)43-38-23-13-14-24-39(38)44(45-43)42-40(34-19-9-3-10-20-34)29-37(32-17-7-2-8-18-32)30-41(42)35-21-11-4-12-22-35/h1-11,13,15-21,23,25-30H,14,24H2. The van der Waals surface area contributed by atoms with E-state index in [1.165, 1.54) is 27.8 Å². The summed E-state index contributed by atoms with van der Waals surface area (Å²) in [5, 5.41) is 0. The maximum absolute atomic E-state index is 7.08. The lowest BCUT2D eigenvalue weighted by atomic mass is 9.84. The first-order chi connectivity index (χ1) is 22.3. The third-order valence-corrected chi connectivity index (χ3v) is 8.64. The molecule has 0 aliphatic heterocycles. The molecule has 212 valence electrons. The minimum Gasteiger partial charge on any atom is -0.455 e. The van der Waals surface area contributed by atoms with Crippen molar-refractivity contribution >= 4 is 6.08 Å². The average Bonchev–Trinajstić information content (AvgIpc) is 3.52. The van der Waals surface area contributed by atoms with E-state index in [1.54, 1.807) is 0 Å². The molecule has 1 aliphatic rings. The predicted octanol–water partition coefficient (Wildman–Crippen LogP) is 11.8. The Morgan fingerprint density at radius 2 is 1.11 bits per heavy atom. The lowest BCUT2D eigenvalue weighted by molar-refractivity contribution is 0.594. The molecular formula is C44H30O. The van der Waals surface area contributed by atoms with Gasteiger partial charge in [-0.05, 0) is 70.5 Å². The first-order valence-corrected chi connectivity index (χ1v) is 15.5. The molecule has 0 radical (unpaired) electrons. The van der Waals surface area contributed by atoms with Gasteiger partial charge in [-0.2, -0.15) is 0 Å². The summed E-state index contributed by atoms with van der Waals surface area (Å²) < 4.78 is 7.08. The smallest absolute Gasteiger partial charge is 0.142 e. The Balaban J connectivity index is 1.38. The van der Waals surface area contributed by atoms with Crippen molar-refractivity contribution in [1.82, 2.24) is 0 Å². The summed E-state index contributed by atoms with van der Waals surface area (Å²) in [6.45, 7) is 0. The van der Waals surface area contributed by atoms with E-state index in [-0.39, 0.29) is 0 Å². The fourth-order valence-electron chi connectivity index (χ4n) is 6.44. The maximum Gasteiger partial charge on any atom is 0.142 e. The van der Waals surface area contributed by atoms with E-state index >= 15 is 0 Å². The molecule has 1 nitrogen and oxygen atoms in total. The molecule has 0 saturated heterocycles. The monoisotopic (exact) mass is 574 g/mol. The number of allylic oxidation sites excluding steroid dienone is 1. The second-order valence-electron chi connectivity index (χ2n) is 11.4. The Bertz CT molecular complexity index is 2040. The maximum atomic E-state index is 7.08. The Hall–Kier alpha value is -5.84. The average molecular weight is 575 g/mol. The van der Waals surface area contributed by atoms with E-state index in [9.17, 15) is 0 Å². The summed E-state index contributed by atoms with van der Waals surface area (Å²) in [7, 11) is 0. The number of benzene rings is 5. The van der Waals surface area contributed by atoms with Crippen molar-refractivity contribution < 1.29 is 4.42 Å². The van der Waals surface area contributed by atoms with Gasteiger partial charge in [0.05, 0.1) is 0 Å². The molecule has 0 bridgehead atoms. The molecule has 1 aliphatic carbocycles. The van der Waals surface area contributed by atoms with E-state index in [0.717, 1.165) is 63.3 Å². The van der Waals surface area contributed by atoms with Crippen LogP contribution in [0.3, 0.4) is 0 Å². The van der Waals surface area contributed by atoms with Crippen LogP contribution in [0.1, 0.15) is 17.5 Å². The first-order valence-electron chi connectivity index (χ1n) is 15.5. The topological polar surface area (TPSA) is 13.1 Å². The van der Waals surface area contributed by atoms with Crippen LogP contribution in [-0.4, -0.2) is 0 Å². The quantitative estimate of drug-likeness (QED) is 0.193. The highest BCUT2D eigenvalue weighted by atomic mass is 16.3. The second-order valence-corrected chi connectivity index (χ2v) is 11.4. The molecule has 1 aromatic heterocycles. The zero-order chi connectivity index (χ0) is 30.0. The van der Waals surface area contributed by atoms with Gasteiger partial charge in [-0.15, -0.1) is 0 Å². The van der Waals surface area contributed by atoms with Crippen molar-refractivity contribution in [2.45, 2.75) is 12.8 Å². The van der Waals surface area contributed by atoms with Crippen LogP contribution >= 0.6 is 0 Å². The first kappa shape index (κ1) is 26.8. The van der Waals surface area contributed by atoms with E-state index in [2.05, 4.69) is 158 Å². The summed E-state index contributed by atoms with van der Waals surface area (Å²) >= 11 is 0. The summed E-state index contributed by atoms with van der Waals surface area (Å²) in [6, 6.07) is 57.8. The van der Waals surface area contributed by atoms with Crippen LogP contribution in [0.2, 0.25) is 0 Å². The zero-order valence-electron chi connectivity index (χ0n) is 24.8. The number of rotatable bonds is 6. The molecule has 0 spiro atoms. The van der Waals surface area contributed by atoms with Gasteiger partial charge in [0.25, 0.3) is 0 Å². The molecule has 8 rings (SSSR count). The van der Waals surface area contributed by atoms with Gasteiger partial charge >= 0.3 is 0 Å². The number of furan rings is 1. The van der Waals surface area contributed by atoms with Crippen molar-refractivity contribution in [2.75, 3.05) is 0 Å². The largest absolute Gasteiger partial charge is 0.455 e.